The minimum Gasteiger partial charge on any atom is -0.478 e. The summed E-state index contributed by atoms with van der Waals surface area (Å²) < 4.78 is 10.4. The summed E-state index contributed by atoms with van der Waals surface area (Å²) in [5.74, 6) is -0.291. The minimum atomic E-state index is -1.05. The van der Waals surface area contributed by atoms with Gasteiger partial charge in [-0.15, -0.1) is 0 Å². The van der Waals surface area contributed by atoms with Crippen molar-refractivity contribution in [1.82, 2.24) is 0 Å². The minimum absolute atomic E-state index is 0.00554. The highest BCUT2D eigenvalue weighted by molar-refractivity contribution is 6.31. The Hall–Kier alpha value is -1.26. The van der Waals surface area contributed by atoms with Gasteiger partial charge in [-0.1, -0.05) is 25.4 Å². The first-order valence-electron chi connectivity index (χ1n) is 6.05. The molecule has 1 unspecified atom stereocenters. The Labute approximate surface area is 118 Å². The van der Waals surface area contributed by atoms with Gasteiger partial charge < -0.3 is 14.6 Å². The summed E-state index contributed by atoms with van der Waals surface area (Å²) >= 11 is 6.16. The van der Waals surface area contributed by atoms with Gasteiger partial charge in [-0.05, 0) is 36.1 Å². The van der Waals surface area contributed by atoms with Crippen molar-refractivity contribution in [3.05, 3.63) is 28.3 Å². The molecule has 1 rings (SSSR count). The number of carboxylic acid groups (broad SMARTS) is 1. The molecule has 1 atom stereocenters. The van der Waals surface area contributed by atoms with E-state index in [9.17, 15) is 4.79 Å². The number of carboxylic acids is 1. The fourth-order valence-corrected chi connectivity index (χ4v) is 2.13. The van der Waals surface area contributed by atoms with E-state index >= 15 is 0 Å². The van der Waals surface area contributed by atoms with Crippen LogP contribution in [0.5, 0.6) is 5.75 Å². The number of rotatable bonds is 6. The van der Waals surface area contributed by atoms with E-state index in [4.69, 9.17) is 26.2 Å². The molecule has 0 amide bonds. The molecular formula is C14H19ClO4. The zero-order valence-corrected chi connectivity index (χ0v) is 12.3. The molecule has 0 saturated heterocycles. The van der Waals surface area contributed by atoms with Gasteiger partial charge in [-0.3, -0.25) is 0 Å². The van der Waals surface area contributed by atoms with Crippen LogP contribution in [0.1, 0.15) is 30.9 Å². The number of aryl methyl sites for hydroxylation is 1. The number of halogens is 1. The molecule has 0 saturated carbocycles. The molecule has 106 valence electrons. The Bertz CT molecular complexity index is 457. The van der Waals surface area contributed by atoms with Crippen molar-refractivity contribution >= 4 is 17.6 Å². The fourth-order valence-electron chi connectivity index (χ4n) is 1.70. The molecule has 0 fully saturated rings. The molecular weight excluding hydrogens is 268 g/mol. The standard InChI is InChI=1S/C14H19ClO4/c1-8(2)10-6-12(9(3)5-11(10)15)19-13(7-18-4)14(16)17/h5-6,8,13H,7H2,1-4H3,(H,16,17). The Morgan fingerprint density at radius 3 is 2.53 bits per heavy atom. The molecule has 0 radical (unpaired) electrons. The van der Waals surface area contributed by atoms with Crippen LogP contribution in [0.25, 0.3) is 0 Å². The van der Waals surface area contributed by atoms with Crippen molar-refractivity contribution in [2.45, 2.75) is 32.8 Å². The van der Waals surface area contributed by atoms with E-state index < -0.39 is 12.1 Å². The summed E-state index contributed by atoms with van der Waals surface area (Å²) in [6.07, 6.45) is -1.02. The van der Waals surface area contributed by atoms with E-state index in [1.807, 2.05) is 20.8 Å². The van der Waals surface area contributed by atoms with Crippen molar-refractivity contribution in [2.75, 3.05) is 13.7 Å². The van der Waals surface area contributed by atoms with Gasteiger partial charge in [0.2, 0.25) is 6.10 Å². The second kappa shape index (κ2) is 6.78. The van der Waals surface area contributed by atoms with Gasteiger partial charge in [0.1, 0.15) is 5.75 Å². The van der Waals surface area contributed by atoms with E-state index in [2.05, 4.69) is 0 Å². The number of methoxy groups -OCH3 is 1. The summed E-state index contributed by atoms with van der Waals surface area (Å²) in [5.41, 5.74) is 1.74. The molecule has 19 heavy (non-hydrogen) atoms. The largest absolute Gasteiger partial charge is 0.478 e. The Kier molecular flexibility index (Phi) is 5.63. The van der Waals surface area contributed by atoms with E-state index in [0.717, 1.165) is 11.1 Å². The molecule has 1 N–H and O–H groups in total. The molecule has 0 heterocycles. The first-order valence-corrected chi connectivity index (χ1v) is 6.43. The molecule has 0 aliphatic heterocycles. The molecule has 0 bridgehead atoms. The lowest BCUT2D eigenvalue weighted by Gasteiger charge is -2.18. The first kappa shape index (κ1) is 15.8. The molecule has 5 heteroatoms. The summed E-state index contributed by atoms with van der Waals surface area (Å²) in [4.78, 5) is 11.1. The number of aliphatic carboxylic acids is 1. The number of carbonyl (C=O) groups is 1. The zero-order valence-electron chi connectivity index (χ0n) is 11.6. The van der Waals surface area contributed by atoms with Crippen LogP contribution in [-0.2, 0) is 9.53 Å². The van der Waals surface area contributed by atoms with Gasteiger partial charge in [-0.2, -0.15) is 0 Å². The summed E-state index contributed by atoms with van der Waals surface area (Å²) in [5, 5.41) is 9.72. The molecule has 0 aliphatic rings. The number of benzene rings is 1. The summed E-state index contributed by atoms with van der Waals surface area (Å²) in [6, 6.07) is 3.59. The van der Waals surface area contributed by atoms with Crippen molar-refractivity contribution in [3.8, 4) is 5.75 Å². The molecule has 0 aromatic heterocycles. The van der Waals surface area contributed by atoms with Gasteiger partial charge in [0, 0.05) is 12.1 Å². The predicted molar refractivity (Wildman–Crippen MR) is 74.2 cm³/mol. The van der Waals surface area contributed by atoms with E-state index in [1.54, 1.807) is 12.1 Å². The monoisotopic (exact) mass is 286 g/mol. The van der Waals surface area contributed by atoms with E-state index in [-0.39, 0.29) is 12.5 Å². The van der Waals surface area contributed by atoms with Crippen molar-refractivity contribution in [2.24, 2.45) is 0 Å². The van der Waals surface area contributed by atoms with Crippen LogP contribution >= 0.6 is 11.6 Å². The van der Waals surface area contributed by atoms with Crippen LogP contribution in [-0.4, -0.2) is 30.9 Å². The fraction of sp³-hybridized carbons (Fsp3) is 0.500. The zero-order chi connectivity index (χ0) is 14.6. The normalized spacial score (nSPS) is 12.5. The van der Waals surface area contributed by atoms with Gasteiger partial charge in [0.05, 0.1) is 6.61 Å². The molecule has 0 spiro atoms. The summed E-state index contributed by atoms with van der Waals surface area (Å²) in [6.45, 7) is 5.86. The lowest BCUT2D eigenvalue weighted by Crippen LogP contribution is -2.31. The Balaban J connectivity index is 3.05. The van der Waals surface area contributed by atoms with Crippen LogP contribution in [0.2, 0.25) is 5.02 Å². The third-order valence-electron chi connectivity index (χ3n) is 2.78. The van der Waals surface area contributed by atoms with E-state index in [0.29, 0.717) is 10.8 Å². The van der Waals surface area contributed by atoms with Gasteiger partial charge in [0.15, 0.2) is 0 Å². The SMILES string of the molecule is COCC(Oc1cc(C(C)C)c(Cl)cc1C)C(=O)O. The van der Waals surface area contributed by atoms with Crippen LogP contribution < -0.4 is 4.74 Å². The topological polar surface area (TPSA) is 55.8 Å². The molecule has 0 aliphatic carbocycles. The Morgan fingerprint density at radius 1 is 1.42 bits per heavy atom. The molecule has 4 nitrogen and oxygen atoms in total. The highest BCUT2D eigenvalue weighted by Crippen LogP contribution is 2.31. The van der Waals surface area contributed by atoms with Gasteiger partial charge in [0.25, 0.3) is 0 Å². The highest BCUT2D eigenvalue weighted by Gasteiger charge is 2.21. The second-order valence-electron chi connectivity index (χ2n) is 4.69. The van der Waals surface area contributed by atoms with Gasteiger partial charge in [-0.25, -0.2) is 4.79 Å². The second-order valence-corrected chi connectivity index (χ2v) is 5.10. The average molecular weight is 287 g/mol. The third kappa shape index (κ3) is 4.11. The highest BCUT2D eigenvalue weighted by atomic mass is 35.5. The maximum Gasteiger partial charge on any atom is 0.347 e. The third-order valence-corrected chi connectivity index (χ3v) is 3.11. The Morgan fingerprint density at radius 2 is 2.05 bits per heavy atom. The van der Waals surface area contributed by atoms with Gasteiger partial charge >= 0.3 is 5.97 Å². The maximum atomic E-state index is 11.1. The van der Waals surface area contributed by atoms with Crippen molar-refractivity contribution in [3.63, 3.8) is 0 Å². The number of hydrogen-bond donors (Lipinski definition) is 1. The lowest BCUT2D eigenvalue weighted by molar-refractivity contribution is -0.147. The van der Waals surface area contributed by atoms with Crippen LogP contribution in [0.3, 0.4) is 0 Å². The van der Waals surface area contributed by atoms with E-state index in [1.165, 1.54) is 7.11 Å². The first-order chi connectivity index (χ1) is 8.86. The number of hydrogen-bond acceptors (Lipinski definition) is 3. The molecule has 1 aromatic carbocycles. The number of ether oxygens (including phenoxy) is 2. The quantitative estimate of drug-likeness (QED) is 0.872. The average Bonchev–Trinajstić information content (AvgIpc) is 2.30. The van der Waals surface area contributed by atoms with Crippen LogP contribution in [0, 0.1) is 6.92 Å². The van der Waals surface area contributed by atoms with Crippen molar-refractivity contribution in [1.29, 1.82) is 0 Å². The predicted octanol–water partition coefficient (Wildman–Crippen LogP) is 3.25. The molecule has 1 aromatic rings. The lowest BCUT2D eigenvalue weighted by atomic mass is 10.0. The van der Waals surface area contributed by atoms with Crippen molar-refractivity contribution < 1.29 is 19.4 Å². The summed E-state index contributed by atoms with van der Waals surface area (Å²) in [7, 11) is 1.44. The van der Waals surface area contributed by atoms with Crippen LogP contribution in [0.15, 0.2) is 12.1 Å². The smallest absolute Gasteiger partial charge is 0.347 e. The maximum absolute atomic E-state index is 11.1. The van der Waals surface area contributed by atoms with Crippen LogP contribution in [0.4, 0.5) is 0 Å².